The first-order valence-electron chi connectivity index (χ1n) is 17.7. The summed E-state index contributed by atoms with van der Waals surface area (Å²) in [5, 5.41) is 2.53. The summed E-state index contributed by atoms with van der Waals surface area (Å²) < 4.78 is 6.35. The van der Waals surface area contributed by atoms with Crippen molar-refractivity contribution in [3.05, 3.63) is 64.8 Å². The van der Waals surface area contributed by atoms with E-state index in [1.54, 1.807) is 0 Å². The molecule has 0 saturated carbocycles. The highest BCUT2D eigenvalue weighted by atomic mass is 35.5. The second-order valence-corrected chi connectivity index (χ2v) is 13.7. The van der Waals surface area contributed by atoms with Crippen molar-refractivity contribution in [2.24, 2.45) is 0 Å². The lowest BCUT2D eigenvalue weighted by atomic mass is 9.92. The maximum absolute atomic E-state index is 12.9. The van der Waals surface area contributed by atoms with E-state index >= 15 is 0 Å². The van der Waals surface area contributed by atoms with Crippen molar-refractivity contribution in [1.82, 2.24) is 29.7 Å². The third-order valence-corrected chi connectivity index (χ3v) is 10.1. The molecule has 2 amide bonds. The summed E-state index contributed by atoms with van der Waals surface area (Å²) >= 11 is 6.70. The SMILES string of the molecule is CCCC(=O)N(Cc1nc(-c2ccc3c(c2)COc2cc4c(ccc5[nH]c(CN(C(=O)CCC)[C@@H](C)CC)nc54)cc2-3)c(Cl)[nH]1)[C@@H](C)CC. The van der Waals surface area contributed by atoms with Crippen LogP contribution in [0.3, 0.4) is 0 Å². The van der Waals surface area contributed by atoms with E-state index in [1.807, 2.05) is 29.7 Å². The van der Waals surface area contributed by atoms with Crippen LogP contribution >= 0.6 is 11.6 Å². The first kappa shape index (κ1) is 34.5. The fourth-order valence-corrected chi connectivity index (χ4v) is 6.94. The number of nitrogens with zero attached hydrogens (tertiary/aromatic N) is 4. The van der Waals surface area contributed by atoms with Crippen LogP contribution in [-0.2, 0) is 29.3 Å². The van der Waals surface area contributed by atoms with Gasteiger partial charge in [-0.15, -0.1) is 0 Å². The van der Waals surface area contributed by atoms with Crippen LogP contribution in [-0.4, -0.2) is 53.6 Å². The van der Waals surface area contributed by atoms with Crippen LogP contribution in [0.1, 0.15) is 97.3 Å². The summed E-state index contributed by atoms with van der Waals surface area (Å²) in [7, 11) is 0. The van der Waals surface area contributed by atoms with Gasteiger partial charge < -0.3 is 24.5 Å². The average molecular weight is 683 g/mol. The molecule has 3 aromatic carbocycles. The molecule has 0 saturated heterocycles. The van der Waals surface area contributed by atoms with Crippen LogP contribution in [0.4, 0.5) is 0 Å². The summed E-state index contributed by atoms with van der Waals surface area (Å²) in [4.78, 5) is 46.1. The van der Waals surface area contributed by atoms with E-state index in [0.717, 1.165) is 81.3 Å². The van der Waals surface area contributed by atoms with Gasteiger partial charge in [-0.05, 0) is 80.3 Å². The molecule has 9 nitrogen and oxygen atoms in total. The van der Waals surface area contributed by atoms with Crippen LogP contribution in [0.2, 0.25) is 5.15 Å². The summed E-state index contributed by atoms with van der Waals surface area (Å²) in [6.07, 6.45) is 4.43. The van der Waals surface area contributed by atoms with Crippen LogP contribution in [0.5, 0.6) is 5.75 Å². The van der Waals surface area contributed by atoms with Gasteiger partial charge in [0.25, 0.3) is 0 Å². The highest BCUT2D eigenvalue weighted by Crippen LogP contribution is 2.43. The monoisotopic (exact) mass is 682 g/mol. The van der Waals surface area contributed by atoms with Crippen molar-refractivity contribution in [2.75, 3.05) is 0 Å². The second-order valence-electron chi connectivity index (χ2n) is 13.3. The number of fused-ring (bicyclic) bond motifs is 6. The third kappa shape index (κ3) is 6.91. The number of halogens is 1. The number of nitrogens with one attached hydrogen (secondary N) is 2. The van der Waals surface area contributed by atoms with Gasteiger partial charge >= 0.3 is 0 Å². The quantitative estimate of drug-likeness (QED) is 0.129. The first-order valence-corrected chi connectivity index (χ1v) is 18.1. The number of hydrogen-bond donors (Lipinski definition) is 2. The van der Waals surface area contributed by atoms with Crippen LogP contribution in [0, 0.1) is 0 Å². The Kier molecular flexibility index (Phi) is 10.3. The molecule has 2 N–H and O–H groups in total. The zero-order chi connectivity index (χ0) is 34.8. The predicted molar refractivity (Wildman–Crippen MR) is 196 cm³/mol. The van der Waals surface area contributed by atoms with E-state index in [4.69, 9.17) is 26.3 Å². The van der Waals surface area contributed by atoms with E-state index in [2.05, 4.69) is 74.1 Å². The first-order chi connectivity index (χ1) is 23.6. The highest BCUT2D eigenvalue weighted by Gasteiger charge is 2.25. The maximum Gasteiger partial charge on any atom is 0.223 e. The topological polar surface area (TPSA) is 107 Å². The fourth-order valence-electron chi connectivity index (χ4n) is 6.68. The highest BCUT2D eigenvalue weighted by molar-refractivity contribution is 6.32. The number of hydrogen-bond acceptors (Lipinski definition) is 5. The lowest BCUT2D eigenvalue weighted by molar-refractivity contribution is -0.135. The van der Waals surface area contributed by atoms with Crippen LogP contribution < -0.4 is 4.74 Å². The van der Waals surface area contributed by atoms with Crippen molar-refractivity contribution in [3.8, 4) is 28.1 Å². The minimum absolute atomic E-state index is 0.107. The number of amides is 2. The van der Waals surface area contributed by atoms with Gasteiger partial charge in [-0.2, -0.15) is 0 Å². The van der Waals surface area contributed by atoms with E-state index in [9.17, 15) is 9.59 Å². The van der Waals surface area contributed by atoms with Gasteiger partial charge in [-0.1, -0.05) is 57.5 Å². The molecule has 2 atom stereocenters. The number of benzene rings is 3. The summed E-state index contributed by atoms with van der Waals surface area (Å²) in [5.74, 6) is 2.55. The zero-order valence-corrected chi connectivity index (χ0v) is 30.2. The molecule has 1 aliphatic rings. The standard InChI is InChI=1S/C39H47ClN6O3/c1-7-11-35(47)45(23(5)9-3)20-33-41-31-16-14-25-18-30-28-15-13-26(17-27(28)22-49-32(30)19-29(25)38(31)43-33)37-39(40)44-34(42-37)21-46(24(6)10-4)36(48)12-8-2/h13-19,23-24H,7-12,20-22H2,1-6H3,(H,41,43)(H,42,44)/t23-,24-/m0/s1. The number of H-pyrrole nitrogens is 2. The molecular formula is C39H47ClN6O3. The maximum atomic E-state index is 12.9. The molecule has 2 aromatic heterocycles. The number of aromatic nitrogens is 4. The average Bonchev–Trinajstić information content (AvgIpc) is 3.70. The van der Waals surface area contributed by atoms with Gasteiger partial charge in [0.2, 0.25) is 11.8 Å². The summed E-state index contributed by atoms with van der Waals surface area (Å²) in [6, 6.07) is 14.9. The molecule has 10 heteroatoms. The van der Waals surface area contributed by atoms with Crippen LogP contribution in [0.25, 0.3) is 44.2 Å². The Morgan fingerprint density at radius 2 is 1.49 bits per heavy atom. The number of ether oxygens (including phenoxy) is 1. The predicted octanol–water partition coefficient (Wildman–Crippen LogP) is 9.17. The van der Waals surface area contributed by atoms with Gasteiger partial charge in [-0.25, -0.2) is 9.97 Å². The fraction of sp³-hybridized carbons (Fsp3) is 0.436. The Morgan fingerprint density at radius 3 is 2.12 bits per heavy atom. The lowest BCUT2D eigenvalue weighted by Gasteiger charge is -2.27. The molecule has 258 valence electrons. The number of aromatic amines is 2. The Balaban J connectivity index is 1.28. The van der Waals surface area contributed by atoms with Crippen molar-refractivity contribution in [1.29, 1.82) is 0 Å². The molecule has 0 aliphatic carbocycles. The molecule has 0 fully saturated rings. The van der Waals surface area contributed by atoms with Gasteiger partial charge in [0.1, 0.15) is 34.9 Å². The lowest BCUT2D eigenvalue weighted by Crippen LogP contribution is -2.37. The Bertz CT molecular complexity index is 2000. The van der Waals surface area contributed by atoms with Crippen LogP contribution in [0.15, 0.2) is 42.5 Å². The minimum atomic E-state index is 0.107. The molecule has 49 heavy (non-hydrogen) atoms. The van der Waals surface area contributed by atoms with Gasteiger partial charge in [-0.3, -0.25) is 9.59 Å². The van der Waals surface area contributed by atoms with Gasteiger partial charge in [0.15, 0.2) is 0 Å². The van der Waals surface area contributed by atoms with E-state index in [-0.39, 0.29) is 23.9 Å². The minimum Gasteiger partial charge on any atom is -0.488 e. The molecule has 1 aliphatic heterocycles. The molecular weight excluding hydrogens is 636 g/mol. The summed E-state index contributed by atoms with van der Waals surface area (Å²) in [5.41, 5.74) is 6.55. The normalized spacial score (nSPS) is 13.5. The third-order valence-electron chi connectivity index (χ3n) is 9.83. The molecule has 3 heterocycles. The van der Waals surface area contributed by atoms with Crippen molar-refractivity contribution in [2.45, 2.75) is 112 Å². The molecule has 0 radical (unpaired) electrons. The van der Waals surface area contributed by atoms with Crippen molar-refractivity contribution in [3.63, 3.8) is 0 Å². The van der Waals surface area contributed by atoms with E-state index < -0.39 is 0 Å². The molecule has 6 rings (SSSR count). The summed E-state index contributed by atoms with van der Waals surface area (Å²) in [6.45, 7) is 13.7. The van der Waals surface area contributed by atoms with Gasteiger partial charge in [0, 0.05) is 41.4 Å². The Morgan fingerprint density at radius 1 is 0.837 bits per heavy atom. The Hall–Kier alpha value is -4.37. The smallest absolute Gasteiger partial charge is 0.223 e. The number of rotatable bonds is 13. The zero-order valence-electron chi connectivity index (χ0n) is 29.5. The van der Waals surface area contributed by atoms with E-state index in [1.165, 1.54) is 0 Å². The van der Waals surface area contributed by atoms with E-state index in [0.29, 0.717) is 49.2 Å². The molecule has 0 unspecified atom stereocenters. The van der Waals surface area contributed by atoms with Crippen molar-refractivity contribution < 1.29 is 14.3 Å². The number of carbonyl (C=O) groups excluding carboxylic acids is 2. The second kappa shape index (κ2) is 14.6. The van der Waals surface area contributed by atoms with Gasteiger partial charge in [0.05, 0.1) is 24.1 Å². The molecule has 0 spiro atoms. The molecule has 0 bridgehead atoms. The Labute approximate surface area is 293 Å². The molecule has 5 aromatic rings. The number of imidazole rings is 2. The van der Waals surface area contributed by atoms with Crippen molar-refractivity contribution >= 4 is 45.2 Å². The number of carbonyl (C=O) groups is 2. The largest absolute Gasteiger partial charge is 0.488 e.